The van der Waals surface area contributed by atoms with Crippen LogP contribution in [0.25, 0.3) is 0 Å². The lowest BCUT2D eigenvalue weighted by atomic mass is 10.1. The van der Waals surface area contributed by atoms with E-state index in [1.54, 1.807) is 12.5 Å². The molecule has 1 aromatic rings. The van der Waals surface area contributed by atoms with Crippen LogP contribution in [-0.4, -0.2) is 21.9 Å². The minimum atomic E-state index is 0.154. The van der Waals surface area contributed by atoms with Gasteiger partial charge in [0.15, 0.2) is 5.78 Å². The maximum Gasteiger partial charge on any atom is 0.182 e. The van der Waals surface area contributed by atoms with Crippen LogP contribution in [0.4, 0.5) is 0 Å². The van der Waals surface area contributed by atoms with Crippen LogP contribution < -0.4 is 5.73 Å². The molecule has 0 fully saturated rings. The van der Waals surface area contributed by atoms with Crippen molar-refractivity contribution in [3.8, 4) is 0 Å². The number of rotatable bonds is 10. The molecule has 0 aliphatic heterocycles. The van der Waals surface area contributed by atoms with E-state index in [-0.39, 0.29) is 5.78 Å². The lowest BCUT2D eigenvalue weighted by Gasteiger charge is -1.99. The molecule has 4 nitrogen and oxygen atoms in total. The number of carbonyl (C=O) groups excluding carboxylic acids is 1. The highest BCUT2D eigenvalue weighted by molar-refractivity contribution is 5.93. The van der Waals surface area contributed by atoms with E-state index in [1.165, 1.54) is 25.7 Å². The second-order valence-corrected chi connectivity index (χ2v) is 4.73. The quantitative estimate of drug-likeness (QED) is 0.514. The average Bonchev–Trinajstić information content (AvgIpc) is 2.82. The van der Waals surface area contributed by atoms with Gasteiger partial charge in [-0.2, -0.15) is 0 Å². The fourth-order valence-corrected chi connectivity index (χ4v) is 1.97. The highest BCUT2D eigenvalue weighted by atomic mass is 16.1. The van der Waals surface area contributed by atoms with Crippen molar-refractivity contribution < 1.29 is 4.79 Å². The highest BCUT2D eigenvalue weighted by Crippen LogP contribution is 2.09. The Hall–Kier alpha value is -1.16. The molecule has 0 radical (unpaired) electrons. The fourth-order valence-electron chi connectivity index (χ4n) is 1.97. The molecule has 0 unspecified atom stereocenters. The van der Waals surface area contributed by atoms with Crippen molar-refractivity contribution in [2.45, 2.75) is 58.4 Å². The zero-order chi connectivity index (χ0) is 13.2. The first-order chi connectivity index (χ1) is 8.77. The molecule has 0 aliphatic rings. The summed E-state index contributed by atoms with van der Waals surface area (Å²) in [7, 11) is 0. The van der Waals surface area contributed by atoms with Crippen LogP contribution in [0, 0.1) is 0 Å². The van der Waals surface area contributed by atoms with E-state index in [0.717, 1.165) is 19.4 Å². The molecule has 2 N–H and O–H groups in total. The summed E-state index contributed by atoms with van der Waals surface area (Å²) >= 11 is 0. The lowest BCUT2D eigenvalue weighted by Crippen LogP contribution is -2.08. The average molecular weight is 251 g/mol. The monoisotopic (exact) mass is 251 g/mol. The van der Waals surface area contributed by atoms with E-state index >= 15 is 0 Å². The molecular weight excluding hydrogens is 226 g/mol. The zero-order valence-electron chi connectivity index (χ0n) is 11.4. The van der Waals surface area contributed by atoms with E-state index in [0.29, 0.717) is 18.7 Å². The molecule has 4 heteroatoms. The molecular formula is C14H25N3O. The summed E-state index contributed by atoms with van der Waals surface area (Å²) in [5.74, 6) is 0.154. The maximum absolute atomic E-state index is 11.8. The summed E-state index contributed by atoms with van der Waals surface area (Å²) in [4.78, 5) is 16.0. The van der Waals surface area contributed by atoms with Crippen LogP contribution in [0.1, 0.15) is 62.4 Å². The van der Waals surface area contributed by atoms with Crippen LogP contribution in [-0.2, 0) is 6.54 Å². The van der Waals surface area contributed by atoms with Gasteiger partial charge >= 0.3 is 0 Å². The fraction of sp³-hybridized carbons (Fsp3) is 0.714. The van der Waals surface area contributed by atoms with Gasteiger partial charge in [-0.15, -0.1) is 0 Å². The Morgan fingerprint density at radius 3 is 2.72 bits per heavy atom. The van der Waals surface area contributed by atoms with Gasteiger partial charge in [-0.1, -0.05) is 39.0 Å². The van der Waals surface area contributed by atoms with Gasteiger partial charge in [0, 0.05) is 25.7 Å². The molecule has 0 saturated heterocycles. The Kier molecular flexibility index (Phi) is 7.34. The predicted octanol–water partition coefficient (Wildman–Crippen LogP) is 2.78. The molecule has 18 heavy (non-hydrogen) atoms. The number of imidazole rings is 1. The topological polar surface area (TPSA) is 60.9 Å². The molecule has 0 spiro atoms. The standard InChI is InChI=1S/C14H25N3O/c1-2-3-4-5-6-7-8-14(18)13-11-17(10-9-15)12-16-13/h11-12H,2-10,15H2,1H3. The number of nitrogens with two attached hydrogens (primary N) is 1. The number of aromatic nitrogens is 2. The minimum Gasteiger partial charge on any atom is -0.335 e. The number of carbonyl (C=O) groups is 1. The minimum absolute atomic E-state index is 0.154. The van der Waals surface area contributed by atoms with E-state index in [4.69, 9.17) is 5.73 Å². The van der Waals surface area contributed by atoms with E-state index in [9.17, 15) is 4.79 Å². The van der Waals surface area contributed by atoms with Crippen LogP contribution in [0.5, 0.6) is 0 Å². The smallest absolute Gasteiger partial charge is 0.182 e. The van der Waals surface area contributed by atoms with Crippen molar-refractivity contribution in [1.82, 2.24) is 9.55 Å². The van der Waals surface area contributed by atoms with Gasteiger partial charge in [0.2, 0.25) is 0 Å². The molecule has 0 aromatic carbocycles. The predicted molar refractivity (Wildman–Crippen MR) is 73.6 cm³/mol. The zero-order valence-corrected chi connectivity index (χ0v) is 11.4. The summed E-state index contributed by atoms with van der Waals surface area (Å²) in [5.41, 5.74) is 6.03. The summed E-state index contributed by atoms with van der Waals surface area (Å²) in [5, 5.41) is 0. The molecule has 102 valence electrons. The van der Waals surface area contributed by atoms with Crippen molar-refractivity contribution >= 4 is 5.78 Å². The van der Waals surface area contributed by atoms with Gasteiger partial charge in [-0.25, -0.2) is 4.98 Å². The third-order valence-corrected chi connectivity index (χ3v) is 3.06. The molecule has 0 bridgehead atoms. The van der Waals surface area contributed by atoms with E-state index in [2.05, 4.69) is 11.9 Å². The molecule has 0 aliphatic carbocycles. The second kappa shape index (κ2) is 8.86. The Labute approximate surface area is 110 Å². The Balaban J connectivity index is 2.19. The molecule has 1 rings (SSSR count). The Morgan fingerprint density at radius 1 is 1.28 bits per heavy atom. The molecule has 0 amide bonds. The van der Waals surface area contributed by atoms with Gasteiger partial charge in [0.1, 0.15) is 5.69 Å². The Bertz CT molecular complexity index is 347. The van der Waals surface area contributed by atoms with Crippen LogP contribution in [0.3, 0.4) is 0 Å². The van der Waals surface area contributed by atoms with E-state index in [1.807, 2.05) is 4.57 Å². The summed E-state index contributed by atoms with van der Waals surface area (Å²) < 4.78 is 1.87. The Morgan fingerprint density at radius 2 is 2.00 bits per heavy atom. The summed E-state index contributed by atoms with van der Waals surface area (Å²) in [6, 6.07) is 0. The van der Waals surface area contributed by atoms with Crippen molar-refractivity contribution in [3.05, 3.63) is 18.2 Å². The largest absolute Gasteiger partial charge is 0.335 e. The number of hydrogen-bond donors (Lipinski definition) is 1. The van der Waals surface area contributed by atoms with Gasteiger partial charge in [0.25, 0.3) is 0 Å². The first kappa shape index (κ1) is 14.9. The maximum atomic E-state index is 11.8. The van der Waals surface area contributed by atoms with Crippen LogP contribution in [0.15, 0.2) is 12.5 Å². The van der Waals surface area contributed by atoms with Crippen molar-refractivity contribution in [2.24, 2.45) is 5.73 Å². The van der Waals surface area contributed by atoms with Gasteiger partial charge < -0.3 is 10.3 Å². The number of Topliss-reactive ketones (excluding diaryl/α,β-unsaturated/α-hetero) is 1. The molecule has 1 heterocycles. The number of nitrogens with zero attached hydrogens (tertiary/aromatic N) is 2. The first-order valence-corrected chi connectivity index (χ1v) is 7.03. The molecule has 0 atom stereocenters. The summed E-state index contributed by atoms with van der Waals surface area (Å²) in [6.45, 7) is 3.50. The third kappa shape index (κ3) is 5.45. The van der Waals surface area contributed by atoms with Crippen molar-refractivity contribution in [2.75, 3.05) is 6.54 Å². The first-order valence-electron chi connectivity index (χ1n) is 7.03. The second-order valence-electron chi connectivity index (χ2n) is 4.73. The lowest BCUT2D eigenvalue weighted by molar-refractivity contribution is 0.0974. The molecule has 1 aromatic heterocycles. The normalized spacial score (nSPS) is 10.8. The number of unbranched alkanes of at least 4 members (excludes halogenated alkanes) is 5. The van der Waals surface area contributed by atoms with Crippen LogP contribution >= 0.6 is 0 Å². The summed E-state index contributed by atoms with van der Waals surface area (Å²) in [6.07, 6.45) is 11.3. The molecule has 0 saturated carbocycles. The van der Waals surface area contributed by atoms with E-state index < -0.39 is 0 Å². The SMILES string of the molecule is CCCCCCCCC(=O)c1cn(CCN)cn1. The number of ketones is 1. The van der Waals surface area contributed by atoms with Crippen molar-refractivity contribution in [3.63, 3.8) is 0 Å². The van der Waals surface area contributed by atoms with Crippen LogP contribution in [0.2, 0.25) is 0 Å². The van der Waals surface area contributed by atoms with Crippen molar-refractivity contribution in [1.29, 1.82) is 0 Å². The van der Waals surface area contributed by atoms with Gasteiger partial charge in [0.05, 0.1) is 6.33 Å². The highest BCUT2D eigenvalue weighted by Gasteiger charge is 2.08. The third-order valence-electron chi connectivity index (χ3n) is 3.06. The number of hydrogen-bond acceptors (Lipinski definition) is 3. The van der Waals surface area contributed by atoms with Gasteiger partial charge in [-0.05, 0) is 6.42 Å². The van der Waals surface area contributed by atoms with Gasteiger partial charge in [-0.3, -0.25) is 4.79 Å².